The van der Waals surface area contributed by atoms with Crippen molar-refractivity contribution in [3.63, 3.8) is 0 Å². The van der Waals surface area contributed by atoms with E-state index >= 15 is 0 Å². The van der Waals surface area contributed by atoms with E-state index in [0.29, 0.717) is 25.9 Å². The van der Waals surface area contributed by atoms with E-state index < -0.39 is 5.72 Å². The van der Waals surface area contributed by atoms with Gasteiger partial charge in [-0.3, -0.25) is 4.90 Å². The van der Waals surface area contributed by atoms with Crippen molar-refractivity contribution in [3.8, 4) is 0 Å². The predicted octanol–water partition coefficient (Wildman–Crippen LogP) is 4.99. The van der Waals surface area contributed by atoms with Crippen molar-refractivity contribution in [2.75, 3.05) is 27.0 Å². The Balaban J connectivity index is 4.96. The van der Waals surface area contributed by atoms with Gasteiger partial charge in [-0.15, -0.1) is 0 Å². The summed E-state index contributed by atoms with van der Waals surface area (Å²) < 4.78 is 19.0. The topological polar surface area (TPSA) is 83.0 Å². The Morgan fingerprint density at radius 2 is 1.22 bits per heavy atom. The highest BCUT2D eigenvalue weighted by atomic mass is 16.5. The van der Waals surface area contributed by atoms with Gasteiger partial charge in [-0.2, -0.15) is 0 Å². The third-order valence-electron chi connectivity index (χ3n) is 7.82. The molecule has 0 amide bonds. The normalized spacial score (nSPS) is 17.5. The summed E-state index contributed by atoms with van der Waals surface area (Å²) in [5.74, 6) is 0.547. The summed E-state index contributed by atoms with van der Waals surface area (Å²) in [4.78, 5) is 2.11. The van der Waals surface area contributed by atoms with Crippen LogP contribution in [0.25, 0.3) is 0 Å². The maximum atomic E-state index is 6.48. The van der Waals surface area contributed by atoms with Crippen LogP contribution in [0.15, 0.2) is 0 Å². The van der Waals surface area contributed by atoms with Crippen molar-refractivity contribution in [2.45, 2.75) is 125 Å². The smallest absolute Gasteiger partial charge is 0.117 e. The van der Waals surface area contributed by atoms with Gasteiger partial charge < -0.3 is 25.7 Å². The van der Waals surface area contributed by atoms with Crippen LogP contribution in [0.3, 0.4) is 0 Å². The van der Waals surface area contributed by atoms with E-state index in [0.717, 1.165) is 6.42 Å². The molecular weight excluding hydrogens is 402 g/mol. The van der Waals surface area contributed by atoms with Crippen LogP contribution >= 0.6 is 0 Å². The minimum Gasteiger partial charge on any atom is -0.375 e. The number of hydrogen-bond donors (Lipinski definition) is 2. The van der Waals surface area contributed by atoms with E-state index in [4.69, 9.17) is 25.7 Å². The van der Waals surface area contributed by atoms with Gasteiger partial charge in [0, 0.05) is 11.6 Å². The van der Waals surface area contributed by atoms with Crippen LogP contribution in [-0.2, 0) is 14.2 Å². The summed E-state index contributed by atoms with van der Waals surface area (Å²) in [6, 6.07) is 0.119. The Hall–Kier alpha value is -0.240. The number of nitrogens with zero attached hydrogens (tertiary/aromatic N) is 1. The molecule has 0 bridgehead atoms. The first-order chi connectivity index (χ1) is 14.0. The first kappa shape index (κ1) is 31.8. The third kappa shape index (κ3) is 9.94. The van der Waals surface area contributed by atoms with Crippen LogP contribution in [0.1, 0.15) is 96.4 Å². The molecule has 3 atom stereocenters. The molecule has 0 aromatic carbocycles. The monoisotopic (exact) mass is 459 g/mol. The number of ether oxygens (including phenoxy) is 3. The van der Waals surface area contributed by atoms with E-state index in [1.54, 1.807) is 0 Å². The zero-order valence-electron chi connectivity index (χ0n) is 23.9. The van der Waals surface area contributed by atoms with E-state index in [-0.39, 0.29) is 34.1 Å². The minimum absolute atomic E-state index is 0.110. The molecule has 194 valence electrons. The summed E-state index contributed by atoms with van der Waals surface area (Å²) in [6.45, 7) is 29.4. The molecule has 0 heterocycles. The fourth-order valence-corrected chi connectivity index (χ4v) is 3.24. The zero-order chi connectivity index (χ0) is 25.8. The van der Waals surface area contributed by atoms with Crippen molar-refractivity contribution in [2.24, 2.45) is 28.7 Å². The average molecular weight is 460 g/mol. The molecule has 0 rings (SSSR count). The number of nitrogens with two attached hydrogens (primary N) is 2. The molecule has 0 aliphatic heterocycles. The molecule has 0 aliphatic rings. The first-order valence-electron chi connectivity index (χ1n) is 12.2. The van der Waals surface area contributed by atoms with Crippen molar-refractivity contribution in [1.82, 2.24) is 4.90 Å². The molecule has 0 saturated heterocycles. The fraction of sp³-hybridized carbons (Fsp3) is 1.00. The lowest BCUT2D eigenvalue weighted by molar-refractivity contribution is -0.209. The van der Waals surface area contributed by atoms with Gasteiger partial charge in [-0.25, -0.2) is 0 Å². The lowest BCUT2D eigenvalue weighted by Crippen LogP contribution is -2.52. The van der Waals surface area contributed by atoms with Gasteiger partial charge in [-0.05, 0) is 93.0 Å². The van der Waals surface area contributed by atoms with Gasteiger partial charge in [0.15, 0.2) is 0 Å². The van der Waals surface area contributed by atoms with E-state index in [1.807, 2.05) is 27.8 Å². The van der Waals surface area contributed by atoms with Crippen LogP contribution in [0.2, 0.25) is 0 Å². The van der Waals surface area contributed by atoms with Gasteiger partial charge in [-0.1, -0.05) is 27.7 Å². The maximum Gasteiger partial charge on any atom is 0.117 e. The molecule has 0 spiro atoms. The molecule has 6 nitrogen and oxygen atoms in total. The van der Waals surface area contributed by atoms with Crippen LogP contribution < -0.4 is 11.5 Å². The van der Waals surface area contributed by atoms with Crippen molar-refractivity contribution in [3.05, 3.63) is 0 Å². The van der Waals surface area contributed by atoms with Crippen LogP contribution in [-0.4, -0.2) is 60.4 Å². The second kappa shape index (κ2) is 11.5. The molecule has 0 aromatic heterocycles. The molecule has 0 aromatic rings. The maximum absolute atomic E-state index is 6.48. The second-order valence-electron chi connectivity index (χ2n) is 12.8. The largest absolute Gasteiger partial charge is 0.375 e. The molecule has 6 heteroatoms. The molecule has 0 radical (unpaired) electrons. The zero-order valence-corrected chi connectivity index (χ0v) is 23.9. The third-order valence-corrected chi connectivity index (χ3v) is 7.82. The van der Waals surface area contributed by atoms with E-state index in [1.165, 1.54) is 0 Å². The van der Waals surface area contributed by atoms with E-state index in [9.17, 15) is 0 Å². The van der Waals surface area contributed by atoms with Crippen molar-refractivity contribution < 1.29 is 14.2 Å². The highest BCUT2D eigenvalue weighted by Crippen LogP contribution is 2.41. The molecule has 0 saturated carbocycles. The highest BCUT2D eigenvalue weighted by molar-refractivity contribution is 4.92. The second-order valence-corrected chi connectivity index (χ2v) is 12.8. The predicted molar refractivity (Wildman–Crippen MR) is 136 cm³/mol. The molecule has 0 aliphatic carbocycles. The summed E-state index contributed by atoms with van der Waals surface area (Å²) in [7, 11) is 2.03. The number of rotatable bonds is 15. The summed E-state index contributed by atoms with van der Waals surface area (Å²) in [5.41, 5.74) is 10.8. The van der Waals surface area contributed by atoms with Crippen molar-refractivity contribution >= 4 is 0 Å². The van der Waals surface area contributed by atoms with Gasteiger partial charge in [0.05, 0.1) is 24.4 Å². The van der Waals surface area contributed by atoms with Gasteiger partial charge in [0.25, 0.3) is 0 Å². The number of hydrogen-bond acceptors (Lipinski definition) is 6. The van der Waals surface area contributed by atoms with Crippen LogP contribution in [0, 0.1) is 17.3 Å². The molecule has 0 fully saturated rings. The lowest BCUT2D eigenvalue weighted by atomic mass is 9.68. The van der Waals surface area contributed by atoms with Crippen LogP contribution in [0.5, 0.6) is 0 Å². The van der Waals surface area contributed by atoms with E-state index in [2.05, 4.69) is 74.1 Å². The Morgan fingerprint density at radius 3 is 1.66 bits per heavy atom. The molecule has 4 N–H and O–H groups in total. The Morgan fingerprint density at radius 1 is 0.750 bits per heavy atom. The Labute approximate surface area is 200 Å². The van der Waals surface area contributed by atoms with Gasteiger partial charge in [0.2, 0.25) is 0 Å². The molecular formula is C26H57N3O3. The lowest BCUT2D eigenvalue weighted by Gasteiger charge is -2.47. The van der Waals surface area contributed by atoms with Crippen molar-refractivity contribution in [1.29, 1.82) is 0 Å². The Bertz CT molecular complexity index is 551. The van der Waals surface area contributed by atoms with Gasteiger partial charge in [0.1, 0.15) is 12.5 Å². The quantitative estimate of drug-likeness (QED) is 0.336. The minimum atomic E-state index is -0.461. The fourth-order valence-electron chi connectivity index (χ4n) is 3.24. The van der Waals surface area contributed by atoms with Crippen LogP contribution in [0.4, 0.5) is 0 Å². The standard InChI is InChI=1S/C26H57N3O3/c1-19(16-30-22(4,5)15-21(3)27)23(6,7)25(10,11)32-18-29(14)26(12,13)31-17-20(2)24(8,9)28/h19-21H,15-18,27-28H2,1-14H3. The highest BCUT2D eigenvalue weighted by Gasteiger charge is 2.43. The summed E-state index contributed by atoms with van der Waals surface area (Å²) in [5, 5.41) is 0. The molecule has 32 heavy (non-hydrogen) atoms. The van der Waals surface area contributed by atoms with Gasteiger partial charge >= 0.3 is 0 Å². The molecule has 3 unspecified atom stereocenters. The summed E-state index contributed by atoms with van der Waals surface area (Å²) in [6.07, 6.45) is 0.833. The SMILES string of the molecule is CC(N)CC(C)(C)OCC(C)C(C)(C)C(C)(C)OCN(C)C(C)(C)OCC(C)C(C)(C)N. The summed E-state index contributed by atoms with van der Waals surface area (Å²) >= 11 is 0. The first-order valence-corrected chi connectivity index (χ1v) is 12.2. The average Bonchev–Trinajstić information content (AvgIpc) is 2.60. The Kier molecular flexibility index (Phi) is 11.4.